The van der Waals surface area contributed by atoms with Gasteiger partial charge in [0.2, 0.25) is 11.8 Å². The van der Waals surface area contributed by atoms with Gasteiger partial charge in [0.15, 0.2) is 11.6 Å². The van der Waals surface area contributed by atoms with Crippen LogP contribution in [0.1, 0.15) is 29.8 Å². The lowest BCUT2D eigenvalue weighted by Crippen LogP contribution is -2.46. The number of pyridine rings is 1. The zero-order chi connectivity index (χ0) is 19.2. The van der Waals surface area contributed by atoms with Gasteiger partial charge in [0, 0.05) is 29.0 Å². The fraction of sp³-hybridized carbons (Fsp3) is 0.444. The van der Waals surface area contributed by atoms with E-state index in [4.69, 9.17) is 10.5 Å². The molecule has 0 aromatic carbocycles. The smallest absolute Gasteiger partial charge is 0.220 e. The Morgan fingerprint density at radius 3 is 2.93 bits per heavy atom. The number of nitrogens with one attached hydrogen (secondary N) is 2. The predicted molar refractivity (Wildman–Crippen MR) is 93.4 cm³/mol. The van der Waals surface area contributed by atoms with Gasteiger partial charge in [0.25, 0.3) is 0 Å². The molecule has 27 heavy (non-hydrogen) atoms. The van der Waals surface area contributed by atoms with Crippen LogP contribution in [0.5, 0.6) is 5.88 Å². The summed E-state index contributed by atoms with van der Waals surface area (Å²) in [5.74, 6) is -1.20. The van der Waals surface area contributed by atoms with E-state index in [2.05, 4.69) is 20.5 Å². The van der Waals surface area contributed by atoms with Crippen LogP contribution in [0, 0.1) is 17.7 Å². The minimum atomic E-state index is -0.542. The number of carbonyl (C=O) groups is 2. The normalized spacial score (nSPS) is 26.7. The van der Waals surface area contributed by atoms with E-state index in [1.807, 2.05) is 0 Å². The lowest BCUT2D eigenvalue weighted by Gasteiger charge is -2.29. The quantitative estimate of drug-likeness (QED) is 0.673. The molecular weight excluding hydrogens is 353 g/mol. The van der Waals surface area contributed by atoms with Crippen LogP contribution in [0.4, 0.5) is 4.39 Å². The number of methoxy groups -OCH3 is 1. The number of hydrogen-bond acceptors (Lipinski definition) is 6. The summed E-state index contributed by atoms with van der Waals surface area (Å²) < 4.78 is 19.1. The number of carbonyl (C=O) groups excluding carboxylic acids is 2. The van der Waals surface area contributed by atoms with Crippen LogP contribution in [-0.2, 0) is 4.79 Å². The molecular formula is C18H20FN5O3. The topological polar surface area (TPSA) is 123 Å². The molecule has 2 aromatic rings. The van der Waals surface area contributed by atoms with Gasteiger partial charge in [-0.25, -0.2) is 9.37 Å². The molecule has 1 aliphatic carbocycles. The van der Waals surface area contributed by atoms with Crippen LogP contribution < -0.4 is 15.8 Å². The maximum absolute atomic E-state index is 14.1. The predicted octanol–water partition coefficient (Wildman–Crippen LogP) is 1.05. The number of nitrogens with two attached hydrogens (primary N) is 1. The number of ketones is 1. The number of aromatic amines is 1. The average Bonchev–Trinajstić information content (AvgIpc) is 3.13. The maximum atomic E-state index is 14.1. The average molecular weight is 373 g/mol. The molecule has 3 heterocycles. The third-order valence-corrected chi connectivity index (χ3v) is 5.53. The highest BCUT2D eigenvalue weighted by atomic mass is 19.1. The second-order valence-electron chi connectivity index (χ2n) is 7.17. The third kappa shape index (κ3) is 3.08. The molecule has 2 aliphatic rings. The number of amides is 1. The number of H-pyrrole nitrogens is 1. The Hall–Kier alpha value is -2.81. The molecule has 3 unspecified atom stereocenters. The molecule has 1 saturated heterocycles. The number of aromatic nitrogens is 3. The highest BCUT2D eigenvalue weighted by Crippen LogP contribution is 2.51. The number of ether oxygens (including phenoxy) is 1. The minimum absolute atomic E-state index is 0.128. The molecule has 1 saturated carbocycles. The van der Waals surface area contributed by atoms with Crippen molar-refractivity contribution in [1.82, 2.24) is 20.5 Å². The van der Waals surface area contributed by atoms with Crippen molar-refractivity contribution in [1.29, 1.82) is 0 Å². The number of hydrogen-bond donors (Lipinski definition) is 3. The van der Waals surface area contributed by atoms with Crippen molar-refractivity contribution in [3.05, 3.63) is 29.8 Å². The third-order valence-electron chi connectivity index (χ3n) is 5.53. The van der Waals surface area contributed by atoms with E-state index >= 15 is 0 Å². The lowest BCUT2D eigenvalue weighted by molar-refractivity contribution is -0.123. The molecule has 0 radical (unpaired) electrons. The van der Waals surface area contributed by atoms with Gasteiger partial charge in [0.05, 0.1) is 19.0 Å². The Morgan fingerprint density at radius 1 is 1.37 bits per heavy atom. The van der Waals surface area contributed by atoms with Gasteiger partial charge >= 0.3 is 0 Å². The standard InChI is InChI=1S/C18H20FN5O3/c1-27-15-4-10(12(19)8-21-15)13-5-14(24-23-13)16(25)11-7-18(11)6-9(17(20)26)2-3-22-18/h4-5,8-9,11,22H,2-3,6-7H2,1H3,(H2,20,26)(H,23,24). The summed E-state index contributed by atoms with van der Waals surface area (Å²) in [5, 5.41) is 10.1. The summed E-state index contributed by atoms with van der Waals surface area (Å²) in [6.07, 6.45) is 2.96. The Labute approximate surface area is 154 Å². The number of Topliss-reactive ketones (excluding diaryl/α,β-unsaturated/α-hetero) is 1. The number of primary amides is 1. The van der Waals surface area contributed by atoms with Crippen LogP contribution in [0.15, 0.2) is 18.3 Å². The molecule has 8 nitrogen and oxygen atoms in total. The fourth-order valence-electron chi connectivity index (χ4n) is 3.92. The van der Waals surface area contributed by atoms with Gasteiger partial charge in [-0.2, -0.15) is 5.10 Å². The first-order valence-corrected chi connectivity index (χ1v) is 8.77. The highest BCUT2D eigenvalue weighted by molar-refractivity contribution is 6.00. The summed E-state index contributed by atoms with van der Waals surface area (Å²) in [6.45, 7) is 0.658. The maximum Gasteiger partial charge on any atom is 0.220 e. The molecule has 4 N–H and O–H groups in total. The minimum Gasteiger partial charge on any atom is -0.481 e. The van der Waals surface area contributed by atoms with Crippen molar-refractivity contribution in [3.63, 3.8) is 0 Å². The molecule has 9 heteroatoms. The van der Waals surface area contributed by atoms with Gasteiger partial charge in [0.1, 0.15) is 5.69 Å². The van der Waals surface area contributed by atoms with Gasteiger partial charge in [-0.1, -0.05) is 0 Å². The zero-order valence-electron chi connectivity index (χ0n) is 14.8. The van der Waals surface area contributed by atoms with Crippen molar-refractivity contribution in [3.8, 4) is 17.1 Å². The van der Waals surface area contributed by atoms with Crippen LogP contribution >= 0.6 is 0 Å². The summed E-state index contributed by atoms with van der Waals surface area (Å²) >= 11 is 0. The largest absolute Gasteiger partial charge is 0.481 e. The van der Waals surface area contributed by atoms with E-state index in [-0.39, 0.29) is 46.2 Å². The molecule has 3 atom stereocenters. The molecule has 4 rings (SSSR count). The molecule has 2 aromatic heterocycles. The molecule has 1 amide bonds. The summed E-state index contributed by atoms with van der Waals surface area (Å²) in [7, 11) is 1.44. The highest BCUT2D eigenvalue weighted by Gasteiger charge is 2.60. The second-order valence-corrected chi connectivity index (χ2v) is 7.17. The van der Waals surface area contributed by atoms with E-state index in [9.17, 15) is 14.0 Å². The second kappa shape index (κ2) is 6.41. The van der Waals surface area contributed by atoms with Crippen LogP contribution in [-0.4, -0.2) is 46.1 Å². The Kier molecular flexibility index (Phi) is 4.18. The van der Waals surface area contributed by atoms with Gasteiger partial charge < -0.3 is 15.8 Å². The van der Waals surface area contributed by atoms with E-state index < -0.39 is 5.82 Å². The molecule has 142 valence electrons. The fourth-order valence-corrected chi connectivity index (χ4v) is 3.92. The summed E-state index contributed by atoms with van der Waals surface area (Å²) in [6, 6.07) is 2.97. The number of piperidine rings is 1. The van der Waals surface area contributed by atoms with E-state index in [0.717, 1.165) is 6.20 Å². The lowest BCUT2D eigenvalue weighted by atomic mass is 9.88. The summed E-state index contributed by atoms with van der Waals surface area (Å²) in [4.78, 5) is 28.1. The van der Waals surface area contributed by atoms with Crippen molar-refractivity contribution in [2.75, 3.05) is 13.7 Å². The van der Waals surface area contributed by atoms with Crippen molar-refractivity contribution in [2.24, 2.45) is 17.6 Å². The Morgan fingerprint density at radius 2 is 2.19 bits per heavy atom. The first kappa shape index (κ1) is 17.6. The van der Waals surface area contributed by atoms with E-state index in [1.165, 1.54) is 19.2 Å². The van der Waals surface area contributed by atoms with Gasteiger partial charge in [-0.05, 0) is 31.9 Å². The van der Waals surface area contributed by atoms with Crippen LogP contribution in [0.3, 0.4) is 0 Å². The van der Waals surface area contributed by atoms with E-state index in [1.54, 1.807) is 0 Å². The van der Waals surface area contributed by atoms with Crippen molar-refractivity contribution in [2.45, 2.75) is 24.8 Å². The van der Waals surface area contributed by atoms with Gasteiger partial charge in [-0.3, -0.25) is 14.7 Å². The van der Waals surface area contributed by atoms with Crippen molar-refractivity contribution >= 4 is 11.7 Å². The molecule has 0 bridgehead atoms. The van der Waals surface area contributed by atoms with Crippen molar-refractivity contribution < 1.29 is 18.7 Å². The van der Waals surface area contributed by atoms with Gasteiger partial charge in [-0.15, -0.1) is 0 Å². The summed E-state index contributed by atoms with van der Waals surface area (Å²) in [5.41, 5.74) is 5.90. The van der Waals surface area contributed by atoms with Crippen LogP contribution in [0.2, 0.25) is 0 Å². The number of rotatable bonds is 5. The Bertz CT molecular complexity index is 914. The number of halogens is 1. The van der Waals surface area contributed by atoms with Crippen LogP contribution in [0.25, 0.3) is 11.3 Å². The first-order chi connectivity index (χ1) is 12.9. The van der Waals surface area contributed by atoms with E-state index in [0.29, 0.717) is 31.5 Å². The zero-order valence-corrected chi connectivity index (χ0v) is 14.8. The molecule has 2 fully saturated rings. The Balaban J connectivity index is 1.53. The molecule has 1 aliphatic heterocycles. The number of nitrogens with zero attached hydrogens (tertiary/aromatic N) is 2. The first-order valence-electron chi connectivity index (χ1n) is 8.77. The molecule has 1 spiro atoms. The monoisotopic (exact) mass is 373 g/mol. The SMILES string of the molecule is COc1cc(-c2cc(C(=O)C3CC34CC(C(N)=O)CCN4)n[nH]2)c(F)cn1.